The Bertz CT molecular complexity index is 997. The van der Waals surface area contributed by atoms with Crippen LogP contribution >= 0.6 is 0 Å². The Morgan fingerprint density at radius 1 is 1.15 bits per heavy atom. The lowest BCUT2D eigenvalue weighted by molar-refractivity contribution is -0.124. The quantitative estimate of drug-likeness (QED) is 0.675. The van der Waals surface area contributed by atoms with Gasteiger partial charge in [0.2, 0.25) is 5.91 Å². The number of pyridine rings is 1. The van der Waals surface area contributed by atoms with Gasteiger partial charge in [0.05, 0.1) is 11.6 Å². The fourth-order valence-corrected chi connectivity index (χ4v) is 3.55. The summed E-state index contributed by atoms with van der Waals surface area (Å²) in [6, 6.07) is 8.58. The molecule has 0 aliphatic carbocycles. The minimum atomic E-state index is -0.808. The predicted molar refractivity (Wildman–Crippen MR) is 101 cm³/mol. The van der Waals surface area contributed by atoms with Gasteiger partial charge in [-0.05, 0) is 61.7 Å². The van der Waals surface area contributed by atoms with Crippen molar-refractivity contribution >= 4 is 11.7 Å². The number of rotatable bonds is 3. The van der Waals surface area contributed by atoms with E-state index in [1.807, 2.05) is 32.0 Å². The second-order valence-electron chi connectivity index (χ2n) is 6.65. The van der Waals surface area contributed by atoms with Crippen molar-refractivity contribution in [1.29, 1.82) is 5.26 Å². The van der Waals surface area contributed by atoms with Gasteiger partial charge in [-0.2, -0.15) is 5.26 Å². The van der Waals surface area contributed by atoms with Crippen molar-refractivity contribution in [3.05, 3.63) is 64.0 Å². The number of nitrogens with one attached hydrogen (secondary N) is 1. The number of hydrogen-bond donors (Lipinski definition) is 1. The summed E-state index contributed by atoms with van der Waals surface area (Å²) in [5.74, 6) is 4.64. The summed E-state index contributed by atoms with van der Waals surface area (Å²) >= 11 is 0. The molecule has 0 spiro atoms. The monoisotopic (exact) mass is 357 g/mol. The zero-order valence-corrected chi connectivity index (χ0v) is 15.5. The van der Waals surface area contributed by atoms with E-state index < -0.39 is 12.0 Å². The number of benzene rings is 1. The Morgan fingerprint density at radius 3 is 2.41 bits per heavy atom. The van der Waals surface area contributed by atoms with Crippen LogP contribution in [0.2, 0.25) is 0 Å². The third kappa shape index (κ3) is 3.59. The molecule has 1 aromatic heterocycles. The average molecular weight is 357 g/mol. The lowest BCUT2D eigenvalue weighted by Gasteiger charge is -2.15. The second-order valence-corrected chi connectivity index (χ2v) is 6.65. The highest BCUT2D eigenvalue weighted by Gasteiger charge is 2.43. The molecule has 1 amide bonds. The van der Waals surface area contributed by atoms with E-state index in [0.717, 1.165) is 22.3 Å². The van der Waals surface area contributed by atoms with Crippen molar-refractivity contribution in [2.75, 3.05) is 0 Å². The number of hydrogen-bond acceptors (Lipinski definition) is 4. The number of ketones is 1. The molecule has 3 rings (SSSR count). The van der Waals surface area contributed by atoms with E-state index in [0.29, 0.717) is 17.7 Å². The van der Waals surface area contributed by atoms with Crippen LogP contribution < -0.4 is 5.32 Å². The zero-order chi connectivity index (χ0) is 19.6. The van der Waals surface area contributed by atoms with Crippen LogP contribution in [0.5, 0.6) is 0 Å². The molecule has 2 atom stereocenters. The molecule has 1 aliphatic heterocycles. The molecule has 1 aromatic carbocycles. The van der Waals surface area contributed by atoms with Crippen molar-refractivity contribution in [1.82, 2.24) is 10.3 Å². The van der Waals surface area contributed by atoms with E-state index in [1.54, 1.807) is 19.1 Å². The van der Waals surface area contributed by atoms with Crippen LogP contribution in [-0.2, 0) is 16.0 Å². The first-order valence-electron chi connectivity index (χ1n) is 8.67. The number of nitrogens with zero attached hydrogens (tertiary/aromatic N) is 2. The SMILES string of the molecule is CC#Cc1cc(C)c(C2C(=O)NC(Cc3ccc(C#N)cn3)C2=O)c(C)c1. The normalized spacial score (nSPS) is 18.4. The summed E-state index contributed by atoms with van der Waals surface area (Å²) in [4.78, 5) is 29.7. The van der Waals surface area contributed by atoms with Crippen LogP contribution in [0.4, 0.5) is 0 Å². The third-order valence-electron chi connectivity index (χ3n) is 4.73. The molecule has 2 aromatic rings. The standard InChI is InChI=1S/C22H19N3O2/c1-4-5-15-8-13(2)19(14(3)9-15)20-21(26)18(25-22(20)27)10-17-7-6-16(11-23)12-24-17/h6-9,12,18,20H,10H2,1-3H3,(H,25,27). The summed E-state index contributed by atoms with van der Waals surface area (Å²) in [5, 5.41) is 11.6. The Kier molecular flexibility index (Phi) is 5.05. The van der Waals surface area contributed by atoms with Gasteiger partial charge in [-0.3, -0.25) is 14.6 Å². The van der Waals surface area contributed by atoms with Crippen molar-refractivity contribution in [2.24, 2.45) is 0 Å². The molecular formula is C22H19N3O2. The molecule has 134 valence electrons. The largest absolute Gasteiger partial charge is 0.345 e. The van der Waals surface area contributed by atoms with E-state index >= 15 is 0 Å². The van der Waals surface area contributed by atoms with Crippen molar-refractivity contribution in [3.8, 4) is 17.9 Å². The second kappa shape index (κ2) is 7.43. The maximum Gasteiger partial charge on any atom is 0.235 e. The maximum absolute atomic E-state index is 13.0. The van der Waals surface area contributed by atoms with Gasteiger partial charge in [-0.15, -0.1) is 5.92 Å². The lowest BCUT2D eigenvalue weighted by atomic mass is 9.86. The van der Waals surface area contributed by atoms with Gasteiger partial charge < -0.3 is 5.32 Å². The fraction of sp³-hybridized carbons (Fsp3) is 0.273. The van der Waals surface area contributed by atoms with Crippen LogP contribution in [0.3, 0.4) is 0 Å². The molecule has 5 nitrogen and oxygen atoms in total. The molecule has 0 radical (unpaired) electrons. The minimum Gasteiger partial charge on any atom is -0.345 e. The van der Waals surface area contributed by atoms with E-state index in [-0.39, 0.29) is 11.7 Å². The molecule has 1 aliphatic rings. The highest BCUT2D eigenvalue weighted by atomic mass is 16.2. The summed E-state index contributed by atoms with van der Waals surface area (Å²) in [6.07, 6.45) is 1.78. The van der Waals surface area contributed by atoms with Crippen molar-refractivity contribution in [2.45, 2.75) is 39.2 Å². The molecule has 27 heavy (non-hydrogen) atoms. The Hall–Kier alpha value is -3.44. The molecule has 0 saturated carbocycles. The number of carbonyl (C=O) groups excluding carboxylic acids is 2. The van der Waals surface area contributed by atoms with E-state index in [9.17, 15) is 9.59 Å². The highest BCUT2D eigenvalue weighted by molar-refractivity contribution is 6.15. The number of amides is 1. The molecule has 2 unspecified atom stereocenters. The molecule has 1 saturated heterocycles. The molecule has 1 fully saturated rings. The van der Waals surface area contributed by atoms with Gasteiger partial charge in [0.1, 0.15) is 12.0 Å². The fourth-order valence-electron chi connectivity index (χ4n) is 3.55. The van der Waals surface area contributed by atoms with Crippen LogP contribution in [0.1, 0.15) is 46.4 Å². The van der Waals surface area contributed by atoms with Gasteiger partial charge in [-0.25, -0.2) is 0 Å². The third-order valence-corrected chi connectivity index (χ3v) is 4.73. The number of nitriles is 1. The zero-order valence-electron chi connectivity index (χ0n) is 15.5. The van der Waals surface area contributed by atoms with Gasteiger partial charge in [-0.1, -0.05) is 5.92 Å². The number of aryl methyl sites for hydroxylation is 2. The molecule has 1 N–H and O–H groups in total. The lowest BCUT2D eigenvalue weighted by Crippen LogP contribution is -2.31. The molecule has 2 heterocycles. The van der Waals surface area contributed by atoms with Gasteiger partial charge in [0, 0.05) is 23.9 Å². The van der Waals surface area contributed by atoms with Gasteiger partial charge in [0.15, 0.2) is 5.78 Å². The minimum absolute atomic E-state index is 0.147. The Balaban J connectivity index is 1.88. The van der Waals surface area contributed by atoms with Crippen LogP contribution in [0.25, 0.3) is 0 Å². The van der Waals surface area contributed by atoms with Crippen molar-refractivity contribution < 1.29 is 9.59 Å². The van der Waals surface area contributed by atoms with Crippen molar-refractivity contribution in [3.63, 3.8) is 0 Å². The summed E-state index contributed by atoms with van der Waals surface area (Å²) in [7, 11) is 0. The average Bonchev–Trinajstić information content (AvgIpc) is 2.90. The maximum atomic E-state index is 13.0. The molecular weight excluding hydrogens is 338 g/mol. The van der Waals surface area contributed by atoms with E-state index in [1.165, 1.54) is 6.20 Å². The van der Waals surface area contributed by atoms with E-state index in [2.05, 4.69) is 22.1 Å². The Labute approximate surface area is 158 Å². The first-order valence-corrected chi connectivity index (χ1v) is 8.67. The van der Waals surface area contributed by atoms with Gasteiger partial charge >= 0.3 is 0 Å². The first-order chi connectivity index (χ1) is 12.9. The topological polar surface area (TPSA) is 82.8 Å². The van der Waals surface area contributed by atoms with Crippen LogP contribution in [-0.4, -0.2) is 22.7 Å². The smallest absolute Gasteiger partial charge is 0.235 e. The number of aromatic nitrogens is 1. The first kappa shape index (κ1) is 18.4. The summed E-state index contributed by atoms with van der Waals surface area (Å²) < 4.78 is 0. The number of carbonyl (C=O) groups is 2. The molecule has 0 bridgehead atoms. The number of Topliss-reactive ketones (excluding diaryl/α,β-unsaturated/α-hetero) is 1. The highest BCUT2D eigenvalue weighted by Crippen LogP contribution is 2.31. The van der Waals surface area contributed by atoms with Crippen LogP contribution in [0.15, 0.2) is 30.5 Å². The van der Waals surface area contributed by atoms with Gasteiger partial charge in [0.25, 0.3) is 0 Å². The van der Waals surface area contributed by atoms with Crippen LogP contribution in [0, 0.1) is 37.0 Å². The Morgan fingerprint density at radius 2 is 1.85 bits per heavy atom. The summed E-state index contributed by atoms with van der Waals surface area (Å²) in [5.41, 5.74) is 4.53. The summed E-state index contributed by atoms with van der Waals surface area (Å²) in [6.45, 7) is 5.58. The molecule has 5 heteroatoms. The predicted octanol–water partition coefficient (Wildman–Crippen LogP) is 2.34. The van der Waals surface area contributed by atoms with E-state index in [4.69, 9.17) is 5.26 Å².